The Kier molecular flexibility index (Phi) is 6.37. The molecule has 28 heavy (non-hydrogen) atoms. The first-order valence-corrected chi connectivity index (χ1v) is 9.39. The first kappa shape index (κ1) is 19.5. The van der Waals surface area contributed by atoms with E-state index in [0.29, 0.717) is 29.8 Å². The predicted molar refractivity (Wildman–Crippen MR) is 104 cm³/mol. The summed E-state index contributed by atoms with van der Waals surface area (Å²) in [4.78, 5) is 41.9. The molecule has 1 atom stereocenters. The van der Waals surface area contributed by atoms with Crippen LogP contribution in [0.4, 0.5) is 5.69 Å². The molecule has 1 fully saturated rings. The highest BCUT2D eigenvalue weighted by molar-refractivity contribution is 6.05. The van der Waals surface area contributed by atoms with Crippen LogP contribution in [-0.4, -0.2) is 45.4 Å². The molecule has 1 saturated heterocycles. The zero-order chi connectivity index (χ0) is 19.9. The van der Waals surface area contributed by atoms with Crippen LogP contribution in [0.3, 0.4) is 0 Å². The lowest BCUT2D eigenvalue weighted by molar-refractivity contribution is -0.137. The van der Waals surface area contributed by atoms with Crippen LogP contribution < -0.4 is 5.32 Å². The van der Waals surface area contributed by atoms with Gasteiger partial charge in [0.2, 0.25) is 0 Å². The minimum absolute atomic E-state index is 0.0512. The van der Waals surface area contributed by atoms with E-state index in [-0.39, 0.29) is 24.3 Å². The van der Waals surface area contributed by atoms with Crippen LogP contribution in [0.25, 0.3) is 0 Å². The standard InChI is InChI=1S/C21H23N3O4/c25-19(26)10-9-18-8-1-2-12-24(18)21(28)15-5-3-7-17(13-15)23-20(27)16-6-4-11-22-14-16/h3-7,11,13-14,18H,1-2,8-10,12H2,(H,23,27)(H,25,26). The Morgan fingerprint density at radius 3 is 2.71 bits per heavy atom. The van der Waals surface area contributed by atoms with E-state index in [1.54, 1.807) is 47.5 Å². The smallest absolute Gasteiger partial charge is 0.303 e. The maximum absolute atomic E-state index is 13.0. The van der Waals surface area contributed by atoms with Crippen molar-refractivity contribution in [2.24, 2.45) is 0 Å². The lowest BCUT2D eigenvalue weighted by Crippen LogP contribution is -2.44. The number of nitrogens with one attached hydrogen (secondary N) is 1. The fourth-order valence-electron chi connectivity index (χ4n) is 3.45. The average Bonchev–Trinajstić information content (AvgIpc) is 2.72. The van der Waals surface area contributed by atoms with Crippen LogP contribution >= 0.6 is 0 Å². The van der Waals surface area contributed by atoms with Gasteiger partial charge in [-0.1, -0.05) is 6.07 Å². The number of nitrogens with zero attached hydrogens (tertiary/aromatic N) is 2. The summed E-state index contributed by atoms with van der Waals surface area (Å²) in [5, 5.41) is 11.7. The molecule has 0 spiro atoms. The summed E-state index contributed by atoms with van der Waals surface area (Å²) < 4.78 is 0. The van der Waals surface area contributed by atoms with E-state index in [1.807, 2.05) is 0 Å². The Hall–Kier alpha value is -3.22. The Morgan fingerprint density at radius 1 is 1.14 bits per heavy atom. The third-order valence-electron chi connectivity index (χ3n) is 4.87. The van der Waals surface area contributed by atoms with Gasteiger partial charge < -0.3 is 15.3 Å². The molecule has 1 aliphatic heterocycles. The highest BCUT2D eigenvalue weighted by atomic mass is 16.4. The quantitative estimate of drug-likeness (QED) is 0.800. The summed E-state index contributed by atoms with van der Waals surface area (Å²) in [6.45, 7) is 0.620. The Bertz CT molecular complexity index is 854. The fourth-order valence-corrected chi connectivity index (χ4v) is 3.45. The van der Waals surface area contributed by atoms with Crippen molar-refractivity contribution in [1.29, 1.82) is 0 Å². The molecular formula is C21H23N3O4. The number of anilines is 1. The summed E-state index contributed by atoms with van der Waals surface area (Å²) >= 11 is 0. The largest absolute Gasteiger partial charge is 0.481 e. The first-order chi connectivity index (χ1) is 13.5. The first-order valence-electron chi connectivity index (χ1n) is 9.39. The molecule has 2 amide bonds. The van der Waals surface area contributed by atoms with Crippen LogP contribution in [0.1, 0.15) is 52.8 Å². The molecule has 146 valence electrons. The highest BCUT2D eigenvalue weighted by Gasteiger charge is 2.28. The van der Waals surface area contributed by atoms with E-state index in [1.165, 1.54) is 6.20 Å². The molecule has 1 aromatic carbocycles. The van der Waals surface area contributed by atoms with Gasteiger partial charge in [-0.25, -0.2) is 0 Å². The lowest BCUT2D eigenvalue weighted by atomic mass is 9.97. The van der Waals surface area contributed by atoms with Crippen molar-refractivity contribution in [2.45, 2.75) is 38.1 Å². The van der Waals surface area contributed by atoms with Crippen molar-refractivity contribution in [3.63, 3.8) is 0 Å². The topological polar surface area (TPSA) is 99.6 Å². The monoisotopic (exact) mass is 381 g/mol. The summed E-state index contributed by atoms with van der Waals surface area (Å²) in [6.07, 6.45) is 6.30. The minimum Gasteiger partial charge on any atom is -0.481 e. The number of aliphatic carboxylic acids is 1. The number of carboxylic acids is 1. The van der Waals surface area contributed by atoms with Crippen LogP contribution in [0.2, 0.25) is 0 Å². The molecule has 3 rings (SSSR count). The van der Waals surface area contributed by atoms with E-state index in [2.05, 4.69) is 10.3 Å². The van der Waals surface area contributed by atoms with Gasteiger partial charge in [0.15, 0.2) is 0 Å². The zero-order valence-corrected chi connectivity index (χ0v) is 15.5. The fraction of sp³-hybridized carbons (Fsp3) is 0.333. The van der Waals surface area contributed by atoms with Gasteiger partial charge in [-0.2, -0.15) is 0 Å². The molecule has 1 unspecified atom stereocenters. The molecule has 2 heterocycles. The summed E-state index contributed by atoms with van der Waals surface area (Å²) in [5.41, 5.74) is 1.44. The van der Waals surface area contributed by atoms with Crippen molar-refractivity contribution in [2.75, 3.05) is 11.9 Å². The summed E-state index contributed by atoms with van der Waals surface area (Å²) in [5.74, 6) is -1.28. The number of benzene rings is 1. The minimum atomic E-state index is -0.849. The summed E-state index contributed by atoms with van der Waals surface area (Å²) in [6, 6.07) is 10.1. The number of aromatic nitrogens is 1. The maximum Gasteiger partial charge on any atom is 0.303 e. The van der Waals surface area contributed by atoms with Crippen LogP contribution in [0.5, 0.6) is 0 Å². The second-order valence-electron chi connectivity index (χ2n) is 6.86. The van der Waals surface area contributed by atoms with E-state index in [9.17, 15) is 14.4 Å². The van der Waals surface area contributed by atoms with Gasteiger partial charge in [-0.3, -0.25) is 19.4 Å². The number of pyridine rings is 1. The van der Waals surface area contributed by atoms with Crippen molar-refractivity contribution in [3.05, 3.63) is 59.9 Å². The third-order valence-corrected chi connectivity index (χ3v) is 4.87. The summed E-state index contributed by atoms with van der Waals surface area (Å²) in [7, 11) is 0. The molecule has 1 aliphatic rings. The normalized spacial score (nSPS) is 16.4. The molecule has 1 aromatic heterocycles. The Balaban J connectivity index is 1.72. The van der Waals surface area contributed by atoms with Gasteiger partial charge in [0.25, 0.3) is 11.8 Å². The predicted octanol–water partition coefficient (Wildman–Crippen LogP) is 3.19. The van der Waals surface area contributed by atoms with E-state index < -0.39 is 5.97 Å². The molecule has 0 aliphatic carbocycles. The number of likely N-dealkylation sites (tertiary alicyclic amines) is 1. The number of rotatable bonds is 6. The second kappa shape index (κ2) is 9.12. The van der Waals surface area contributed by atoms with E-state index in [0.717, 1.165) is 19.3 Å². The van der Waals surface area contributed by atoms with Crippen molar-refractivity contribution >= 4 is 23.5 Å². The van der Waals surface area contributed by atoms with Gasteiger partial charge in [-0.05, 0) is 56.0 Å². The third kappa shape index (κ3) is 4.94. The molecule has 7 nitrogen and oxygen atoms in total. The molecule has 7 heteroatoms. The Labute approximate surface area is 163 Å². The molecule has 0 saturated carbocycles. The van der Waals surface area contributed by atoms with Crippen LogP contribution in [0, 0.1) is 0 Å². The molecule has 2 aromatic rings. The highest BCUT2D eigenvalue weighted by Crippen LogP contribution is 2.24. The van der Waals surface area contributed by atoms with Crippen LogP contribution in [0.15, 0.2) is 48.8 Å². The second-order valence-corrected chi connectivity index (χ2v) is 6.86. The van der Waals surface area contributed by atoms with Gasteiger partial charge in [-0.15, -0.1) is 0 Å². The Morgan fingerprint density at radius 2 is 1.96 bits per heavy atom. The van der Waals surface area contributed by atoms with E-state index in [4.69, 9.17) is 5.11 Å². The number of amides is 2. The number of carbonyl (C=O) groups excluding carboxylic acids is 2. The van der Waals surface area contributed by atoms with Gasteiger partial charge in [0.1, 0.15) is 0 Å². The number of piperidine rings is 1. The molecule has 0 bridgehead atoms. The SMILES string of the molecule is O=C(O)CCC1CCCCN1C(=O)c1cccc(NC(=O)c2cccnc2)c1. The van der Waals surface area contributed by atoms with Crippen molar-refractivity contribution < 1.29 is 19.5 Å². The lowest BCUT2D eigenvalue weighted by Gasteiger charge is -2.35. The number of carbonyl (C=O) groups is 3. The number of hydrogen-bond donors (Lipinski definition) is 2. The molecular weight excluding hydrogens is 358 g/mol. The zero-order valence-electron chi connectivity index (χ0n) is 15.5. The number of hydrogen-bond acceptors (Lipinski definition) is 4. The van der Waals surface area contributed by atoms with Crippen molar-refractivity contribution in [1.82, 2.24) is 9.88 Å². The van der Waals surface area contributed by atoms with Crippen molar-refractivity contribution in [3.8, 4) is 0 Å². The maximum atomic E-state index is 13.0. The van der Waals surface area contributed by atoms with E-state index >= 15 is 0 Å². The average molecular weight is 381 g/mol. The molecule has 2 N–H and O–H groups in total. The van der Waals surface area contributed by atoms with Gasteiger partial charge >= 0.3 is 5.97 Å². The van der Waals surface area contributed by atoms with Gasteiger partial charge in [0, 0.05) is 42.7 Å². The van der Waals surface area contributed by atoms with Gasteiger partial charge in [0.05, 0.1) is 5.56 Å². The van der Waals surface area contributed by atoms with Crippen LogP contribution in [-0.2, 0) is 4.79 Å². The molecule has 0 radical (unpaired) electrons. The number of carboxylic acid groups (broad SMARTS) is 1.